The standard InChI is InChI=1S/C24H21FN4O2S/c1-28(2)17-13-11-16(12-14-17)26-22(30)15-32-24-27-20-9-5-3-7-18(20)23(31)29(24)21-10-6-4-8-19(21)25/h3-14H,15H2,1-2H3,(H,26,30). The molecular weight excluding hydrogens is 427 g/mol. The summed E-state index contributed by atoms with van der Waals surface area (Å²) in [6.07, 6.45) is 0. The van der Waals surface area contributed by atoms with Gasteiger partial charge in [0, 0.05) is 25.5 Å². The summed E-state index contributed by atoms with van der Waals surface area (Å²) < 4.78 is 15.8. The van der Waals surface area contributed by atoms with Crippen LogP contribution < -0.4 is 15.8 Å². The molecule has 0 aliphatic carbocycles. The Bertz CT molecular complexity index is 1340. The Hall–Kier alpha value is -3.65. The average Bonchev–Trinajstić information content (AvgIpc) is 2.79. The Morgan fingerprint density at radius 2 is 1.72 bits per heavy atom. The summed E-state index contributed by atoms with van der Waals surface area (Å²) in [4.78, 5) is 32.2. The summed E-state index contributed by atoms with van der Waals surface area (Å²) in [6.45, 7) is 0. The molecule has 0 unspecified atom stereocenters. The normalized spacial score (nSPS) is 10.8. The Morgan fingerprint density at radius 3 is 2.44 bits per heavy atom. The van der Waals surface area contributed by atoms with E-state index in [9.17, 15) is 14.0 Å². The highest BCUT2D eigenvalue weighted by molar-refractivity contribution is 7.99. The number of benzene rings is 3. The summed E-state index contributed by atoms with van der Waals surface area (Å²) in [7, 11) is 3.88. The molecule has 0 saturated carbocycles. The van der Waals surface area contributed by atoms with Gasteiger partial charge in [0.15, 0.2) is 5.16 Å². The van der Waals surface area contributed by atoms with Crippen molar-refractivity contribution in [2.24, 2.45) is 0 Å². The van der Waals surface area contributed by atoms with E-state index in [0.717, 1.165) is 17.4 Å². The number of hydrogen-bond donors (Lipinski definition) is 1. The molecule has 8 heteroatoms. The number of fused-ring (bicyclic) bond motifs is 1. The fourth-order valence-electron chi connectivity index (χ4n) is 3.22. The van der Waals surface area contributed by atoms with Gasteiger partial charge in [0.2, 0.25) is 5.91 Å². The summed E-state index contributed by atoms with van der Waals surface area (Å²) in [5.74, 6) is -0.789. The second-order valence-corrected chi connectivity index (χ2v) is 8.22. The van der Waals surface area contributed by atoms with Gasteiger partial charge in [-0.2, -0.15) is 0 Å². The number of rotatable bonds is 6. The molecule has 0 aliphatic heterocycles. The highest BCUT2D eigenvalue weighted by Gasteiger charge is 2.17. The van der Waals surface area contributed by atoms with Gasteiger partial charge in [0.25, 0.3) is 5.56 Å². The molecule has 32 heavy (non-hydrogen) atoms. The maximum atomic E-state index is 14.5. The minimum absolute atomic E-state index is 0.00860. The molecule has 1 amide bonds. The summed E-state index contributed by atoms with van der Waals surface area (Å²) >= 11 is 1.08. The Balaban J connectivity index is 1.62. The minimum Gasteiger partial charge on any atom is -0.378 e. The van der Waals surface area contributed by atoms with Crippen LogP contribution in [0, 0.1) is 5.82 Å². The van der Waals surface area contributed by atoms with Crippen molar-refractivity contribution < 1.29 is 9.18 Å². The molecule has 0 fully saturated rings. The molecule has 0 radical (unpaired) electrons. The van der Waals surface area contributed by atoms with Crippen LogP contribution in [0.3, 0.4) is 0 Å². The molecule has 1 N–H and O–H groups in total. The molecule has 1 aromatic heterocycles. The number of anilines is 2. The zero-order chi connectivity index (χ0) is 22.7. The average molecular weight is 449 g/mol. The van der Waals surface area contributed by atoms with Crippen LogP contribution in [0.1, 0.15) is 0 Å². The van der Waals surface area contributed by atoms with E-state index in [1.165, 1.54) is 16.7 Å². The van der Waals surface area contributed by atoms with E-state index >= 15 is 0 Å². The van der Waals surface area contributed by atoms with Crippen LogP contribution >= 0.6 is 11.8 Å². The van der Waals surface area contributed by atoms with Crippen molar-refractivity contribution in [1.29, 1.82) is 0 Å². The van der Waals surface area contributed by atoms with Crippen LogP contribution in [-0.4, -0.2) is 35.3 Å². The first-order valence-electron chi connectivity index (χ1n) is 9.91. The van der Waals surface area contributed by atoms with Gasteiger partial charge in [-0.3, -0.25) is 14.2 Å². The summed E-state index contributed by atoms with van der Waals surface area (Å²) in [5.41, 5.74) is 1.89. The van der Waals surface area contributed by atoms with Gasteiger partial charge in [0.05, 0.1) is 22.3 Å². The number of aromatic nitrogens is 2. The third-order valence-electron chi connectivity index (χ3n) is 4.84. The van der Waals surface area contributed by atoms with E-state index in [1.54, 1.807) is 36.4 Å². The monoisotopic (exact) mass is 448 g/mol. The highest BCUT2D eigenvalue weighted by Crippen LogP contribution is 2.23. The van der Waals surface area contributed by atoms with E-state index in [1.807, 2.05) is 43.3 Å². The van der Waals surface area contributed by atoms with Crippen molar-refractivity contribution in [1.82, 2.24) is 9.55 Å². The highest BCUT2D eigenvalue weighted by atomic mass is 32.2. The minimum atomic E-state index is -0.543. The number of thioether (sulfide) groups is 1. The largest absolute Gasteiger partial charge is 0.378 e. The molecule has 1 heterocycles. The zero-order valence-corrected chi connectivity index (χ0v) is 18.4. The molecule has 0 aliphatic rings. The lowest BCUT2D eigenvalue weighted by Crippen LogP contribution is -2.23. The van der Waals surface area contributed by atoms with E-state index < -0.39 is 5.82 Å². The van der Waals surface area contributed by atoms with Crippen molar-refractivity contribution in [3.8, 4) is 5.69 Å². The number of nitrogens with one attached hydrogen (secondary N) is 1. The number of para-hydroxylation sites is 2. The molecule has 0 spiro atoms. The third kappa shape index (κ3) is 4.50. The molecule has 0 saturated heterocycles. The fraction of sp³-hybridized carbons (Fsp3) is 0.125. The number of nitrogens with zero attached hydrogens (tertiary/aromatic N) is 3. The van der Waals surface area contributed by atoms with Crippen molar-refractivity contribution >= 4 is 39.9 Å². The summed E-state index contributed by atoms with van der Waals surface area (Å²) in [6, 6.07) is 20.4. The number of carbonyl (C=O) groups excluding carboxylic acids is 1. The first kappa shape index (κ1) is 21.6. The topological polar surface area (TPSA) is 67.2 Å². The van der Waals surface area contributed by atoms with E-state index in [0.29, 0.717) is 16.6 Å². The number of amides is 1. The van der Waals surface area contributed by atoms with Crippen LogP contribution in [0.2, 0.25) is 0 Å². The van der Waals surface area contributed by atoms with Crippen LogP contribution in [0.15, 0.2) is 82.7 Å². The van der Waals surface area contributed by atoms with Gasteiger partial charge in [-0.05, 0) is 48.5 Å². The molecule has 0 bridgehead atoms. The lowest BCUT2D eigenvalue weighted by molar-refractivity contribution is -0.113. The number of halogens is 1. The van der Waals surface area contributed by atoms with Gasteiger partial charge in [0.1, 0.15) is 5.82 Å². The Labute approximate surface area is 188 Å². The molecule has 0 atom stereocenters. The number of carbonyl (C=O) groups is 1. The fourth-order valence-corrected chi connectivity index (χ4v) is 4.03. The van der Waals surface area contributed by atoms with E-state index in [4.69, 9.17) is 0 Å². The first-order valence-corrected chi connectivity index (χ1v) is 10.9. The van der Waals surface area contributed by atoms with Gasteiger partial charge in [-0.15, -0.1) is 0 Å². The van der Waals surface area contributed by atoms with Crippen molar-refractivity contribution in [2.75, 3.05) is 30.1 Å². The lowest BCUT2D eigenvalue weighted by atomic mass is 10.2. The van der Waals surface area contributed by atoms with Crippen LogP contribution in [-0.2, 0) is 4.79 Å². The van der Waals surface area contributed by atoms with E-state index in [-0.39, 0.29) is 28.1 Å². The predicted molar refractivity (Wildman–Crippen MR) is 127 cm³/mol. The maximum absolute atomic E-state index is 14.5. The molecule has 162 valence electrons. The second-order valence-electron chi connectivity index (χ2n) is 7.28. The van der Waals surface area contributed by atoms with Crippen molar-refractivity contribution in [3.05, 3.63) is 89.0 Å². The lowest BCUT2D eigenvalue weighted by Gasteiger charge is -2.14. The van der Waals surface area contributed by atoms with Gasteiger partial charge >= 0.3 is 0 Å². The van der Waals surface area contributed by atoms with Crippen molar-refractivity contribution in [2.45, 2.75) is 5.16 Å². The zero-order valence-electron chi connectivity index (χ0n) is 17.6. The summed E-state index contributed by atoms with van der Waals surface area (Å²) in [5, 5.41) is 3.46. The SMILES string of the molecule is CN(C)c1ccc(NC(=O)CSc2nc3ccccc3c(=O)n2-c2ccccc2F)cc1. The molecule has 4 rings (SSSR count). The van der Waals surface area contributed by atoms with Gasteiger partial charge in [-0.25, -0.2) is 9.37 Å². The molecule has 3 aromatic carbocycles. The van der Waals surface area contributed by atoms with Crippen LogP contribution in [0.25, 0.3) is 16.6 Å². The maximum Gasteiger partial charge on any atom is 0.266 e. The predicted octanol–water partition coefficient (Wildman–Crippen LogP) is 4.32. The number of hydrogen-bond acceptors (Lipinski definition) is 5. The van der Waals surface area contributed by atoms with Gasteiger partial charge in [-0.1, -0.05) is 36.0 Å². The first-order chi connectivity index (χ1) is 15.4. The Morgan fingerprint density at radius 1 is 1.03 bits per heavy atom. The molecule has 6 nitrogen and oxygen atoms in total. The Kier molecular flexibility index (Phi) is 6.23. The molecule has 4 aromatic rings. The van der Waals surface area contributed by atoms with Crippen LogP contribution in [0.5, 0.6) is 0 Å². The second kappa shape index (κ2) is 9.23. The smallest absolute Gasteiger partial charge is 0.266 e. The van der Waals surface area contributed by atoms with Gasteiger partial charge < -0.3 is 10.2 Å². The molecular formula is C24H21FN4O2S. The van der Waals surface area contributed by atoms with Crippen LogP contribution in [0.4, 0.5) is 15.8 Å². The quantitative estimate of drug-likeness (QED) is 0.352. The third-order valence-corrected chi connectivity index (χ3v) is 5.78. The van der Waals surface area contributed by atoms with E-state index in [2.05, 4.69) is 10.3 Å². The van der Waals surface area contributed by atoms with Crippen molar-refractivity contribution in [3.63, 3.8) is 0 Å².